The predicted octanol–water partition coefficient (Wildman–Crippen LogP) is 4.09. The van der Waals surface area contributed by atoms with Crippen LogP contribution in [0, 0.1) is 11.3 Å². The zero-order valence-corrected chi connectivity index (χ0v) is 23.3. The molecule has 2 saturated heterocycles. The number of anilines is 1. The van der Waals surface area contributed by atoms with Crippen LogP contribution in [0.1, 0.15) is 52.0 Å². The second kappa shape index (κ2) is 11.5. The highest BCUT2D eigenvalue weighted by Crippen LogP contribution is 2.34. The van der Waals surface area contributed by atoms with Crippen molar-refractivity contribution in [3.8, 4) is 17.0 Å². The third-order valence-corrected chi connectivity index (χ3v) is 8.28. The van der Waals surface area contributed by atoms with Crippen molar-refractivity contribution in [2.24, 2.45) is 11.3 Å². The Morgan fingerprint density at radius 2 is 1.74 bits per heavy atom. The third-order valence-electron chi connectivity index (χ3n) is 8.28. The summed E-state index contributed by atoms with van der Waals surface area (Å²) in [5, 5.41) is 36.4. The molecule has 0 amide bonds. The van der Waals surface area contributed by atoms with Crippen molar-refractivity contribution < 1.29 is 15.0 Å². The molecule has 2 fully saturated rings. The fourth-order valence-corrected chi connectivity index (χ4v) is 6.31. The van der Waals surface area contributed by atoms with Gasteiger partial charge in [-0.1, -0.05) is 26.0 Å². The molecule has 0 bridgehead atoms. The highest BCUT2D eigenvalue weighted by molar-refractivity contribution is 5.88. The van der Waals surface area contributed by atoms with E-state index >= 15 is 0 Å². The van der Waals surface area contributed by atoms with Gasteiger partial charge in [0, 0.05) is 38.8 Å². The monoisotopic (exact) mass is 535 g/mol. The number of fused-ring (bicyclic) bond motifs is 1. The van der Waals surface area contributed by atoms with E-state index in [4.69, 9.17) is 5.10 Å². The average Bonchev–Trinajstić information content (AvgIpc) is 3.27. The first-order valence-corrected chi connectivity index (χ1v) is 14.1. The molecule has 2 aliphatic rings. The molecule has 2 aromatic heterocycles. The van der Waals surface area contributed by atoms with Gasteiger partial charge in [-0.15, -0.1) is 10.2 Å². The highest BCUT2D eigenvalue weighted by Gasteiger charge is 2.30. The second-order valence-corrected chi connectivity index (χ2v) is 12.0. The van der Waals surface area contributed by atoms with Gasteiger partial charge in [-0.25, -0.2) is 0 Å². The first kappa shape index (κ1) is 27.3. The van der Waals surface area contributed by atoms with Gasteiger partial charge < -0.3 is 25.3 Å². The molecular weight excluding hydrogens is 494 g/mol. The van der Waals surface area contributed by atoms with Gasteiger partial charge in [0.2, 0.25) is 0 Å². The predicted molar refractivity (Wildman–Crippen MR) is 152 cm³/mol. The minimum absolute atomic E-state index is 0.189. The smallest absolute Gasteiger partial charge is 0.303 e. The molecule has 0 radical (unpaired) electrons. The largest absolute Gasteiger partial charge is 0.507 e. The Morgan fingerprint density at radius 3 is 2.41 bits per heavy atom. The summed E-state index contributed by atoms with van der Waals surface area (Å²) >= 11 is 0. The van der Waals surface area contributed by atoms with Crippen molar-refractivity contribution in [3.63, 3.8) is 0 Å². The van der Waals surface area contributed by atoms with E-state index in [1.807, 2.05) is 25.2 Å². The molecule has 10 heteroatoms. The normalized spacial score (nSPS) is 18.5. The van der Waals surface area contributed by atoms with E-state index in [1.165, 1.54) is 12.8 Å². The van der Waals surface area contributed by atoms with Crippen LogP contribution in [0.5, 0.6) is 5.75 Å². The van der Waals surface area contributed by atoms with E-state index in [0.717, 1.165) is 69.0 Å². The molecule has 210 valence electrons. The van der Waals surface area contributed by atoms with E-state index in [1.54, 1.807) is 12.1 Å². The second-order valence-electron chi connectivity index (χ2n) is 12.0. The molecule has 0 atom stereocenters. The van der Waals surface area contributed by atoms with Crippen molar-refractivity contribution in [3.05, 3.63) is 30.3 Å². The number of nitrogens with one attached hydrogen (secondary N) is 1. The van der Waals surface area contributed by atoms with Crippen LogP contribution in [0.2, 0.25) is 0 Å². The first-order valence-electron chi connectivity index (χ1n) is 14.1. The van der Waals surface area contributed by atoms with Gasteiger partial charge in [-0.05, 0) is 68.3 Å². The topological polar surface area (TPSA) is 120 Å². The van der Waals surface area contributed by atoms with Crippen LogP contribution in [0.15, 0.2) is 30.3 Å². The number of phenolic OH excluding ortho intramolecular Hbond substituents is 1. The van der Waals surface area contributed by atoms with Crippen LogP contribution < -0.4 is 5.32 Å². The summed E-state index contributed by atoms with van der Waals surface area (Å²) in [6, 6.07) is 9.47. The summed E-state index contributed by atoms with van der Waals surface area (Å²) in [5.41, 5.74) is 2.79. The molecule has 4 heterocycles. The summed E-state index contributed by atoms with van der Waals surface area (Å²) in [6.45, 7) is 10.3. The number of aromatic hydroxyl groups is 1. The maximum Gasteiger partial charge on any atom is 0.303 e. The number of aliphatic carboxylic acids is 1. The zero-order valence-electron chi connectivity index (χ0n) is 23.3. The lowest BCUT2D eigenvalue weighted by Gasteiger charge is -2.39. The van der Waals surface area contributed by atoms with Crippen LogP contribution in [0.25, 0.3) is 22.3 Å². The fourth-order valence-electron chi connectivity index (χ4n) is 6.31. The SMILES string of the molecule is CNc1nn(C2CCN(CC3CCN(CC(C)(C)CC(=O)O)CC3)CC2)c2cc(-c3ccccc3O)nnc12. The molecular formula is C29H41N7O3. The summed E-state index contributed by atoms with van der Waals surface area (Å²) in [6.07, 6.45) is 4.61. The number of benzene rings is 1. The van der Waals surface area contributed by atoms with E-state index in [-0.39, 0.29) is 23.6 Å². The van der Waals surface area contributed by atoms with Crippen LogP contribution in [-0.2, 0) is 4.79 Å². The molecule has 3 N–H and O–H groups in total. The lowest BCUT2D eigenvalue weighted by Crippen LogP contribution is -2.44. The Balaban J connectivity index is 1.19. The number of hydrogen-bond donors (Lipinski definition) is 3. The Morgan fingerprint density at radius 1 is 1.05 bits per heavy atom. The van der Waals surface area contributed by atoms with Crippen LogP contribution in [0.3, 0.4) is 0 Å². The van der Waals surface area contributed by atoms with E-state index in [0.29, 0.717) is 17.2 Å². The van der Waals surface area contributed by atoms with Gasteiger partial charge in [0.1, 0.15) is 5.75 Å². The quantitative estimate of drug-likeness (QED) is 0.372. The van der Waals surface area contributed by atoms with Gasteiger partial charge in [-0.2, -0.15) is 5.10 Å². The van der Waals surface area contributed by atoms with Crippen molar-refractivity contribution in [1.82, 2.24) is 29.8 Å². The Hall–Kier alpha value is -3.24. The van der Waals surface area contributed by atoms with Gasteiger partial charge in [0.15, 0.2) is 11.3 Å². The molecule has 3 aromatic rings. The van der Waals surface area contributed by atoms with E-state index in [2.05, 4.69) is 43.8 Å². The number of hydrogen-bond acceptors (Lipinski definition) is 8. The van der Waals surface area contributed by atoms with Crippen LogP contribution in [-0.4, -0.2) is 92.3 Å². The summed E-state index contributed by atoms with van der Waals surface area (Å²) in [4.78, 5) is 16.2. The Labute approximate surface area is 230 Å². The lowest BCUT2D eigenvalue weighted by molar-refractivity contribution is -0.139. The Bertz CT molecular complexity index is 1290. The first-order chi connectivity index (χ1) is 18.7. The molecule has 39 heavy (non-hydrogen) atoms. The number of nitrogens with zero attached hydrogens (tertiary/aromatic N) is 6. The average molecular weight is 536 g/mol. The highest BCUT2D eigenvalue weighted by atomic mass is 16.4. The number of piperidine rings is 2. The van der Waals surface area contributed by atoms with E-state index in [9.17, 15) is 15.0 Å². The van der Waals surface area contributed by atoms with Gasteiger partial charge >= 0.3 is 5.97 Å². The fraction of sp³-hybridized carbons (Fsp3) is 0.586. The molecule has 5 rings (SSSR count). The van der Waals surface area contributed by atoms with E-state index < -0.39 is 5.97 Å². The standard InChI is InChI=1S/C29H41N7O3/c1-29(2,17-26(38)39)19-35-12-8-20(9-13-35)18-34-14-10-21(11-15-34)36-24-16-23(22-6-4-5-7-25(22)37)31-32-27(24)28(30-3)33-36/h4-7,16,20-21,37H,8-15,17-19H2,1-3H3,(H,30,33)(H,38,39). The molecule has 0 spiro atoms. The van der Waals surface area contributed by atoms with Crippen molar-refractivity contribution >= 4 is 22.8 Å². The third kappa shape index (κ3) is 6.33. The Kier molecular flexibility index (Phi) is 8.04. The molecule has 0 aliphatic carbocycles. The van der Waals surface area contributed by atoms with Gasteiger partial charge in [0.05, 0.1) is 23.7 Å². The summed E-state index contributed by atoms with van der Waals surface area (Å²) < 4.78 is 2.11. The number of carboxylic acids is 1. The summed E-state index contributed by atoms with van der Waals surface area (Å²) in [7, 11) is 1.85. The minimum atomic E-state index is -0.715. The molecule has 2 aliphatic heterocycles. The number of para-hydroxylation sites is 1. The lowest BCUT2D eigenvalue weighted by atomic mass is 9.87. The molecule has 0 unspecified atom stereocenters. The minimum Gasteiger partial charge on any atom is -0.507 e. The summed E-state index contributed by atoms with van der Waals surface area (Å²) in [5.74, 6) is 0.891. The maximum atomic E-state index is 11.2. The van der Waals surface area contributed by atoms with Crippen LogP contribution >= 0.6 is 0 Å². The van der Waals surface area contributed by atoms with Crippen molar-refractivity contribution in [1.29, 1.82) is 0 Å². The van der Waals surface area contributed by atoms with Gasteiger partial charge in [-0.3, -0.25) is 9.48 Å². The number of rotatable bonds is 9. The molecule has 0 saturated carbocycles. The van der Waals surface area contributed by atoms with Crippen LogP contribution in [0.4, 0.5) is 5.82 Å². The molecule has 1 aromatic carbocycles. The number of aromatic nitrogens is 4. The number of carbonyl (C=O) groups is 1. The number of carboxylic acid groups (broad SMARTS) is 1. The van der Waals surface area contributed by atoms with Crippen molar-refractivity contribution in [2.45, 2.75) is 52.0 Å². The number of phenols is 1. The zero-order chi connectivity index (χ0) is 27.6. The number of likely N-dealkylation sites (tertiary alicyclic amines) is 2. The molecule has 10 nitrogen and oxygen atoms in total. The maximum absolute atomic E-state index is 11.2. The van der Waals surface area contributed by atoms with Crippen molar-refractivity contribution in [2.75, 3.05) is 51.6 Å². The van der Waals surface area contributed by atoms with Gasteiger partial charge in [0.25, 0.3) is 0 Å².